The molecule has 0 N–H and O–H groups in total. The maximum atomic E-state index is 5.64. The summed E-state index contributed by atoms with van der Waals surface area (Å²) in [6.45, 7) is 4.55. The normalized spacial score (nSPS) is 23.2. The van der Waals surface area contributed by atoms with E-state index in [4.69, 9.17) is 14.2 Å². The van der Waals surface area contributed by atoms with Crippen LogP contribution in [-0.4, -0.2) is 13.4 Å². The molecule has 2 rings (SSSR count). The summed E-state index contributed by atoms with van der Waals surface area (Å²) in [6, 6.07) is 7.87. The van der Waals surface area contributed by atoms with E-state index in [-0.39, 0.29) is 75.2 Å². The van der Waals surface area contributed by atoms with Crippen molar-refractivity contribution in [2.45, 2.75) is 26.2 Å². The van der Waals surface area contributed by atoms with Crippen LogP contribution in [0.4, 0.5) is 0 Å². The fraction of sp³-hybridized carbons (Fsp3) is 0.462. The van der Waals surface area contributed by atoms with Crippen LogP contribution in [0.25, 0.3) is 0 Å². The fourth-order valence-corrected chi connectivity index (χ4v) is 1.65. The van der Waals surface area contributed by atoms with E-state index in [0.29, 0.717) is 12.5 Å². The molecule has 1 fully saturated rings. The largest absolute Gasteiger partial charge is 1.00 e. The van der Waals surface area contributed by atoms with Crippen molar-refractivity contribution in [3.05, 3.63) is 36.4 Å². The summed E-state index contributed by atoms with van der Waals surface area (Å²) in [5.74, 6) is 1.35. The molecule has 1 aliphatic rings. The Bertz CT molecular complexity index is 326. The van der Waals surface area contributed by atoms with Crippen LogP contribution in [0.2, 0.25) is 0 Å². The smallest absolute Gasteiger partial charge is 0.529 e. The zero-order valence-corrected chi connectivity index (χ0v) is 17.0. The number of methoxy groups -OCH3 is 1. The molecular formula is C13H17CsO3. The third kappa shape index (κ3) is 5.24. The molecule has 88 valence electrons. The second kappa shape index (κ2) is 8.22. The van der Waals surface area contributed by atoms with Crippen LogP contribution in [0.1, 0.15) is 18.9 Å². The molecule has 3 nitrogen and oxygen atoms in total. The van der Waals surface area contributed by atoms with Gasteiger partial charge in [0.25, 0.3) is 0 Å². The van der Waals surface area contributed by atoms with Crippen LogP contribution >= 0.6 is 0 Å². The molecule has 0 amide bonds. The minimum absolute atomic E-state index is 0. The summed E-state index contributed by atoms with van der Waals surface area (Å²) in [6.07, 6.45) is 0.855. The molecule has 1 heterocycles. The molecule has 0 aromatic heterocycles. The molecule has 1 unspecified atom stereocenters. The molecule has 0 spiro atoms. The van der Waals surface area contributed by atoms with Gasteiger partial charge >= 0.3 is 68.9 Å². The molecule has 1 saturated heterocycles. The first-order valence-electron chi connectivity index (χ1n) is 5.51. The van der Waals surface area contributed by atoms with E-state index in [2.05, 4.69) is 6.92 Å². The van der Waals surface area contributed by atoms with Crippen LogP contribution in [0.3, 0.4) is 0 Å². The molecule has 2 atom stereocenters. The zero-order chi connectivity index (χ0) is 11.4. The van der Waals surface area contributed by atoms with Crippen LogP contribution in [0.5, 0.6) is 5.75 Å². The molecule has 0 aliphatic carbocycles. The Morgan fingerprint density at radius 1 is 1.35 bits per heavy atom. The third-order valence-corrected chi connectivity index (χ3v) is 2.62. The number of rotatable bonds is 4. The quantitative estimate of drug-likeness (QED) is 0.699. The first kappa shape index (κ1) is 16.0. The number of ether oxygens (including phenoxy) is 3. The Hall–Kier alpha value is 0.992. The second-order valence-electron chi connectivity index (χ2n) is 4.07. The third-order valence-electron chi connectivity index (χ3n) is 2.62. The van der Waals surface area contributed by atoms with Crippen molar-refractivity contribution in [2.75, 3.05) is 7.11 Å². The monoisotopic (exact) mass is 354 g/mol. The zero-order valence-electron chi connectivity index (χ0n) is 10.7. The standard InChI is InChI=1S/C13H17O3.Cs/c1-10-7-13(15-8-10)16-9-11-3-5-12(14-2)6-4-11;/h3-6,8,10,13H,7,9H2,1-2H3;/q-1;+1/t10-,13?;/m1./s1. The van der Waals surface area contributed by atoms with Gasteiger partial charge < -0.3 is 14.2 Å². The van der Waals surface area contributed by atoms with Crippen molar-refractivity contribution in [2.24, 2.45) is 5.92 Å². The van der Waals surface area contributed by atoms with Crippen LogP contribution in [0.15, 0.2) is 24.3 Å². The van der Waals surface area contributed by atoms with Gasteiger partial charge in [-0.15, -0.1) is 5.92 Å². The Morgan fingerprint density at radius 3 is 2.59 bits per heavy atom. The van der Waals surface area contributed by atoms with Gasteiger partial charge in [0.05, 0.1) is 13.7 Å². The summed E-state index contributed by atoms with van der Waals surface area (Å²) in [4.78, 5) is 0. The molecule has 0 saturated carbocycles. The minimum Gasteiger partial charge on any atom is -0.529 e. The summed E-state index contributed by atoms with van der Waals surface area (Å²) < 4.78 is 16.1. The summed E-state index contributed by atoms with van der Waals surface area (Å²) in [7, 11) is 1.66. The molecule has 1 aromatic carbocycles. The van der Waals surface area contributed by atoms with Gasteiger partial charge in [0.15, 0.2) is 0 Å². The summed E-state index contributed by atoms with van der Waals surface area (Å²) in [5, 5.41) is 0. The van der Waals surface area contributed by atoms with Crippen molar-refractivity contribution in [3.8, 4) is 5.75 Å². The maximum Gasteiger partial charge on any atom is 1.00 e. The molecule has 4 heteroatoms. The average Bonchev–Trinajstić information content (AvgIpc) is 2.73. The molecule has 0 bridgehead atoms. The Balaban J connectivity index is 0.00000144. The van der Waals surface area contributed by atoms with Gasteiger partial charge in [-0.05, 0) is 24.1 Å². The van der Waals surface area contributed by atoms with Gasteiger partial charge in [0.2, 0.25) is 0 Å². The van der Waals surface area contributed by atoms with Crippen molar-refractivity contribution in [1.29, 1.82) is 0 Å². The van der Waals surface area contributed by atoms with Gasteiger partial charge in [-0.3, -0.25) is 0 Å². The number of hydrogen-bond acceptors (Lipinski definition) is 3. The topological polar surface area (TPSA) is 27.7 Å². The van der Waals surface area contributed by atoms with Crippen molar-refractivity contribution in [3.63, 3.8) is 0 Å². The number of hydrogen-bond donors (Lipinski definition) is 0. The number of benzene rings is 1. The SMILES string of the molecule is COc1ccc(COC2C[C@@H](C)[CH-]O2)cc1.[Cs+]. The first-order valence-corrected chi connectivity index (χ1v) is 5.51. The Labute approximate surface area is 162 Å². The molecule has 0 radical (unpaired) electrons. The fourth-order valence-electron chi connectivity index (χ4n) is 1.65. The minimum atomic E-state index is -0.0860. The van der Waals surface area contributed by atoms with Gasteiger partial charge in [-0.1, -0.05) is 19.1 Å². The molecule has 17 heavy (non-hydrogen) atoms. The van der Waals surface area contributed by atoms with Crippen LogP contribution in [0, 0.1) is 12.5 Å². The van der Waals surface area contributed by atoms with Gasteiger partial charge in [-0.2, -0.15) is 0 Å². The van der Waals surface area contributed by atoms with E-state index in [1.165, 1.54) is 0 Å². The van der Waals surface area contributed by atoms with Crippen LogP contribution < -0.4 is 73.6 Å². The van der Waals surface area contributed by atoms with Crippen LogP contribution in [-0.2, 0) is 16.1 Å². The van der Waals surface area contributed by atoms with Crippen molar-refractivity contribution in [1.82, 2.24) is 0 Å². The van der Waals surface area contributed by atoms with Crippen molar-refractivity contribution < 1.29 is 83.1 Å². The Morgan fingerprint density at radius 2 is 2.06 bits per heavy atom. The van der Waals surface area contributed by atoms with E-state index in [0.717, 1.165) is 17.7 Å². The van der Waals surface area contributed by atoms with E-state index < -0.39 is 0 Å². The molecular weight excluding hydrogens is 337 g/mol. The van der Waals surface area contributed by atoms with E-state index >= 15 is 0 Å². The Kier molecular flexibility index (Phi) is 7.76. The van der Waals surface area contributed by atoms with Gasteiger partial charge in [0.1, 0.15) is 12.0 Å². The van der Waals surface area contributed by atoms with E-state index in [1.54, 1.807) is 7.11 Å². The predicted molar refractivity (Wildman–Crippen MR) is 60.7 cm³/mol. The summed E-state index contributed by atoms with van der Waals surface area (Å²) in [5.41, 5.74) is 1.13. The average molecular weight is 354 g/mol. The first-order chi connectivity index (χ1) is 7.78. The molecule has 1 aromatic rings. The van der Waals surface area contributed by atoms with Gasteiger partial charge in [0, 0.05) is 0 Å². The van der Waals surface area contributed by atoms with E-state index in [1.807, 2.05) is 30.9 Å². The summed E-state index contributed by atoms with van der Waals surface area (Å²) >= 11 is 0. The molecule has 1 aliphatic heterocycles. The van der Waals surface area contributed by atoms with E-state index in [9.17, 15) is 0 Å². The van der Waals surface area contributed by atoms with Crippen molar-refractivity contribution >= 4 is 0 Å². The van der Waals surface area contributed by atoms with Gasteiger partial charge in [-0.25, -0.2) is 6.61 Å². The predicted octanol–water partition coefficient (Wildman–Crippen LogP) is -0.240. The maximum absolute atomic E-state index is 5.64. The second-order valence-corrected chi connectivity index (χ2v) is 4.07.